The average Bonchev–Trinajstić information content (AvgIpc) is 3.30. The number of hydrogen-bond acceptors (Lipinski definition) is 4. The SMILES string of the molecule is CCC1(CC)c2cc(-c3nc4ccccc4s3)ccc2-c2ccc([N+](=O)[O-])cc21. The van der Waals surface area contributed by atoms with E-state index in [2.05, 4.69) is 38.1 Å². The molecule has 5 rings (SSSR count). The Hall–Kier alpha value is -3.05. The highest BCUT2D eigenvalue weighted by atomic mass is 32.1. The monoisotopic (exact) mass is 400 g/mol. The molecule has 1 heterocycles. The Morgan fingerprint density at radius 3 is 2.34 bits per heavy atom. The van der Waals surface area contributed by atoms with Gasteiger partial charge in [0, 0.05) is 23.1 Å². The lowest BCUT2D eigenvalue weighted by Gasteiger charge is -2.29. The van der Waals surface area contributed by atoms with Crippen LogP contribution in [-0.4, -0.2) is 9.91 Å². The van der Waals surface area contributed by atoms with Crippen molar-refractivity contribution in [2.75, 3.05) is 0 Å². The van der Waals surface area contributed by atoms with E-state index < -0.39 is 0 Å². The van der Waals surface area contributed by atoms with Gasteiger partial charge in [-0.15, -0.1) is 11.3 Å². The number of hydrogen-bond donors (Lipinski definition) is 0. The molecule has 4 nitrogen and oxygen atoms in total. The van der Waals surface area contributed by atoms with Gasteiger partial charge in [0.05, 0.1) is 15.1 Å². The molecule has 5 heteroatoms. The third kappa shape index (κ3) is 2.54. The highest BCUT2D eigenvalue weighted by Crippen LogP contribution is 2.54. The van der Waals surface area contributed by atoms with Crippen molar-refractivity contribution >= 4 is 27.2 Å². The Kier molecular flexibility index (Phi) is 4.03. The van der Waals surface area contributed by atoms with Crippen molar-refractivity contribution in [1.82, 2.24) is 4.98 Å². The van der Waals surface area contributed by atoms with Crippen molar-refractivity contribution in [2.24, 2.45) is 0 Å². The zero-order chi connectivity index (χ0) is 20.2. The normalized spacial score (nSPS) is 14.0. The van der Waals surface area contributed by atoms with Gasteiger partial charge >= 0.3 is 0 Å². The lowest BCUT2D eigenvalue weighted by Crippen LogP contribution is -2.23. The Bertz CT molecular complexity index is 1240. The van der Waals surface area contributed by atoms with E-state index in [1.807, 2.05) is 24.3 Å². The van der Waals surface area contributed by atoms with Crippen LogP contribution in [0, 0.1) is 10.1 Å². The third-order valence-corrected chi connectivity index (χ3v) is 7.39. The number of nitrogens with zero attached hydrogens (tertiary/aromatic N) is 2. The molecule has 0 bridgehead atoms. The molecule has 144 valence electrons. The zero-order valence-corrected chi connectivity index (χ0v) is 17.1. The standard InChI is InChI=1S/C24H20N2O2S/c1-3-24(4-2)19-13-15(23-25-21-7-5-6-8-22(21)29-23)9-11-17(19)18-12-10-16(26(27)28)14-20(18)24/h5-14H,3-4H2,1-2H3. The first kappa shape index (κ1) is 18.0. The fourth-order valence-corrected chi connectivity index (χ4v) is 5.70. The second kappa shape index (κ2) is 6.49. The van der Waals surface area contributed by atoms with E-state index in [4.69, 9.17) is 4.98 Å². The summed E-state index contributed by atoms with van der Waals surface area (Å²) in [6.45, 7) is 4.34. The van der Waals surface area contributed by atoms with Crippen molar-refractivity contribution < 1.29 is 4.92 Å². The fourth-order valence-electron chi connectivity index (χ4n) is 4.74. The van der Waals surface area contributed by atoms with Gasteiger partial charge < -0.3 is 0 Å². The van der Waals surface area contributed by atoms with Gasteiger partial charge in [0.2, 0.25) is 0 Å². The van der Waals surface area contributed by atoms with Crippen LogP contribution in [0.2, 0.25) is 0 Å². The van der Waals surface area contributed by atoms with Crippen LogP contribution < -0.4 is 0 Å². The third-order valence-electron chi connectivity index (χ3n) is 6.30. The van der Waals surface area contributed by atoms with E-state index >= 15 is 0 Å². The first-order valence-electron chi connectivity index (χ1n) is 9.87. The van der Waals surface area contributed by atoms with E-state index in [0.29, 0.717) is 0 Å². The van der Waals surface area contributed by atoms with Gasteiger partial charge in [-0.2, -0.15) is 0 Å². The molecule has 29 heavy (non-hydrogen) atoms. The molecular weight excluding hydrogens is 380 g/mol. The zero-order valence-electron chi connectivity index (χ0n) is 16.3. The minimum absolute atomic E-state index is 0.161. The molecule has 0 radical (unpaired) electrons. The lowest BCUT2D eigenvalue weighted by atomic mass is 9.73. The quantitative estimate of drug-likeness (QED) is 0.275. The average molecular weight is 401 g/mol. The van der Waals surface area contributed by atoms with Crippen molar-refractivity contribution in [3.8, 4) is 21.7 Å². The molecule has 1 aliphatic carbocycles. The van der Waals surface area contributed by atoms with Gasteiger partial charge in [-0.1, -0.05) is 38.1 Å². The van der Waals surface area contributed by atoms with Crippen LogP contribution in [0.5, 0.6) is 0 Å². The highest BCUT2D eigenvalue weighted by Gasteiger charge is 2.41. The number of thiazole rings is 1. The summed E-state index contributed by atoms with van der Waals surface area (Å²) in [6.07, 6.45) is 1.79. The number of nitro groups is 1. The maximum Gasteiger partial charge on any atom is 0.269 e. The van der Waals surface area contributed by atoms with Gasteiger partial charge in [0.25, 0.3) is 5.69 Å². The molecule has 0 spiro atoms. The van der Waals surface area contributed by atoms with Crippen molar-refractivity contribution in [2.45, 2.75) is 32.1 Å². The van der Waals surface area contributed by atoms with E-state index in [1.165, 1.54) is 15.8 Å². The van der Waals surface area contributed by atoms with Gasteiger partial charge in [-0.3, -0.25) is 10.1 Å². The highest BCUT2D eigenvalue weighted by molar-refractivity contribution is 7.21. The maximum atomic E-state index is 11.4. The summed E-state index contributed by atoms with van der Waals surface area (Å²) in [6, 6.07) is 20.0. The van der Waals surface area contributed by atoms with Crippen LogP contribution in [0.25, 0.3) is 31.9 Å². The predicted octanol–water partition coefficient (Wildman–Crippen LogP) is 6.96. The van der Waals surface area contributed by atoms with Crippen LogP contribution in [0.1, 0.15) is 37.8 Å². The summed E-state index contributed by atoms with van der Waals surface area (Å²) in [4.78, 5) is 15.9. The molecule has 0 unspecified atom stereocenters. The van der Waals surface area contributed by atoms with Crippen LogP contribution >= 0.6 is 11.3 Å². The molecule has 0 amide bonds. The number of nitro benzene ring substituents is 1. The largest absolute Gasteiger partial charge is 0.269 e. The molecule has 0 N–H and O–H groups in total. The molecule has 0 aliphatic heterocycles. The Morgan fingerprint density at radius 1 is 0.966 bits per heavy atom. The molecule has 4 aromatic rings. The molecule has 1 aromatic heterocycles. The van der Waals surface area contributed by atoms with Crippen LogP contribution in [0.4, 0.5) is 5.69 Å². The lowest BCUT2D eigenvalue weighted by molar-refractivity contribution is -0.384. The Morgan fingerprint density at radius 2 is 1.66 bits per heavy atom. The molecule has 0 saturated heterocycles. The van der Waals surface area contributed by atoms with Crippen molar-refractivity contribution in [3.05, 3.63) is 81.9 Å². The van der Waals surface area contributed by atoms with Crippen LogP contribution in [0.15, 0.2) is 60.7 Å². The number of para-hydroxylation sites is 1. The van der Waals surface area contributed by atoms with Gasteiger partial charge in [0.1, 0.15) is 5.01 Å². The first-order valence-corrected chi connectivity index (χ1v) is 10.7. The minimum Gasteiger partial charge on any atom is -0.258 e. The van der Waals surface area contributed by atoms with Gasteiger partial charge in [-0.25, -0.2) is 4.98 Å². The molecule has 0 atom stereocenters. The summed E-state index contributed by atoms with van der Waals surface area (Å²) in [7, 11) is 0. The van der Waals surface area contributed by atoms with E-state index in [-0.39, 0.29) is 16.0 Å². The second-order valence-corrected chi connectivity index (χ2v) is 8.55. The Labute approximate surface area is 173 Å². The van der Waals surface area contributed by atoms with Crippen LogP contribution in [0.3, 0.4) is 0 Å². The van der Waals surface area contributed by atoms with E-state index in [1.54, 1.807) is 23.5 Å². The summed E-state index contributed by atoms with van der Waals surface area (Å²) >= 11 is 1.70. The fraction of sp³-hybridized carbons (Fsp3) is 0.208. The van der Waals surface area contributed by atoms with Crippen molar-refractivity contribution in [3.63, 3.8) is 0 Å². The number of fused-ring (bicyclic) bond motifs is 4. The maximum absolute atomic E-state index is 11.4. The van der Waals surface area contributed by atoms with Gasteiger partial charge in [-0.05, 0) is 59.4 Å². The van der Waals surface area contributed by atoms with Gasteiger partial charge in [0.15, 0.2) is 0 Å². The number of rotatable bonds is 4. The van der Waals surface area contributed by atoms with Crippen LogP contribution in [-0.2, 0) is 5.41 Å². The summed E-state index contributed by atoms with van der Waals surface area (Å²) in [5.74, 6) is 0. The second-order valence-electron chi connectivity index (χ2n) is 7.52. The molecule has 0 fully saturated rings. The topological polar surface area (TPSA) is 56.0 Å². The molecular formula is C24H20N2O2S. The Balaban J connectivity index is 1.72. The number of non-ortho nitro benzene ring substituents is 1. The van der Waals surface area contributed by atoms with Crippen molar-refractivity contribution in [1.29, 1.82) is 0 Å². The molecule has 1 aliphatic rings. The molecule has 0 saturated carbocycles. The summed E-state index contributed by atoms with van der Waals surface area (Å²) in [5, 5.41) is 12.4. The van der Waals surface area contributed by atoms with E-state index in [0.717, 1.165) is 40.1 Å². The minimum atomic E-state index is -0.300. The summed E-state index contributed by atoms with van der Waals surface area (Å²) in [5.41, 5.74) is 6.72. The first-order chi connectivity index (χ1) is 14.1. The van der Waals surface area contributed by atoms with E-state index in [9.17, 15) is 10.1 Å². The smallest absolute Gasteiger partial charge is 0.258 e. The predicted molar refractivity (Wildman–Crippen MR) is 119 cm³/mol. The number of benzene rings is 3. The number of aromatic nitrogens is 1. The molecule has 3 aromatic carbocycles. The summed E-state index contributed by atoms with van der Waals surface area (Å²) < 4.78 is 1.18.